The average Bonchev–Trinajstić information content (AvgIpc) is 2.39. The Hall–Kier alpha value is -1.55. The Balaban J connectivity index is 2.09. The summed E-state index contributed by atoms with van der Waals surface area (Å²) in [6, 6.07) is 10.3. The Morgan fingerprint density at radius 3 is 2.72 bits per heavy atom. The normalized spacial score (nSPS) is 10.1. The first-order chi connectivity index (χ1) is 8.74. The molecule has 0 saturated carbocycles. The van der Waals surface area contributed by atoms with Gasteiger partial charge in [0.05, 0.1) is 13.2 Å². The molecule has 0 radical (unpaired) electrons. The lowest BCUT2D eigenvalue weighted by molar-refractivity contribution is -0.141. The summed E-state index contributed by atoms with van der Waals surface area (Å²) < 4.78 is 4.83. The van der Waals surface area contributed by atoms with Gasteiger partial charge in [-0.2, -0.15) is 0 Å². The molecule has 1 rings (SSSR count). The summed E-state index contributed by atoms with van der Waals surface area (Å²) in [6.07, 6.45) is 0.991. The third kappa shape index (κ3) is 5.68. The molecule has 4 heteroatoms. The van der Waals surface area contributed by atoms with E-state index < -0.39 is 0 Å². The molecular weight excluding hydrogens is 228 g/mol. The number of nitrogens with zero attached hydrogens (tertiary/aromatic N) is 1. The number of rotatable bonds is 8. The van der Waals surface area contributed by atoms with Crippen molar-refractivity contribution in [1.29, 1.82) is 0 Å². The van der Waals surface area contributed by atoms with Gasteiger partial charge in [0.15, 0.2) is 0 Å². The molecule has 0 saturated heterocycles. The SMILES string of the molecule is CCOC(=O)CNCCCN(C)c1ccccc1. The zero-order valence-electron chi connectivity index (χ0n) is 11.2. The highest BCUT2D eigenvalue weighted by atomic mass is 16.5. The second-order valence-corrected chi connectivity index (χ2v) is 4.09. The zero-order chi connectivity index (χ0) is 13.2. The molecule has 0 heterocycles. The minimum Gasteiger partial charge on any atom is -0.465 e. The fraction of sp³-hybridized carbons (Fsp3) is 0.500. The number of ether oxygens (including phenoxy) is 1. The van der Waals surface area contributed by atoms with Crippen LogP contribution in [-0.4, -0.2) is 39.3 Å². The van der Waals surface area contributed by atoms with Crippen LogP contribution in [0.3, 0.4) is 0 Å². The lowest BCUT2D eigenvalue weighted by Gasteiger charge is -2.19. The van der Waals surface area contributed by atoms with Crippen molar-refractivity contribution >= 4 is 11.7 Å². The summed E-state index contributed by atoms with van der Waals surface area (Å²) in [7, 11) is 2.07. The van der Waals surface area contributed by atoms with Crippen LogP contribution in [0.1, 0.15) is 13.3 Å². The quantitative estimate of drug-likeness (QED) is 0.563. The topological polar surface area (TPSA) is 41.6 Å². The fourth-order valence-electron chi connectivity index (χ4n) is 1.66. The first kappa shape index (κ1) is 14.5. The lowest BCUT2D eigenvalue weighted by atomic mass is 10.3. The number of carbonyl (C=O) groups is 1. The van der Waals surface area contributed by atoms with Gasteiger partial charge >= 0.3 is 5.97 Å². The standard InChI is InChI=1S/C14H22N2O2/c1-3-18-14(17)12-15-10-7-11-16(2)13-8-5-4-6-9-13/h4-6,8-9,15H,3,7,10-12H2,1-2H3. The van der Waals surface area contributed by atoms with Crippen molar-refractivity contribution in [3.8, 4) is 0 Å². The van der Waals surface area contributed by atoms with E-state index in [1.807, 2.05) is 25.1 Å². The third-order valence-corrected chi connectivity index (χ3v) is 2.62. The van der Waals surface area contributed by atoms with Gasteiger partial charge < -0.3 is 15.0 Å². The first-order valence-corrected chi connectivity index (χ1v) is 6.36. The molecule has 0 unspecified atom stereocenters. The smallest absolute Gasteiger partial charge is 0.319 e. The summed E-state index contributed by atoms with van der Waals surface area (Å²) in [5.41, 5.74) is 1.21. The van der Waals surface area contributed by atoms with E-state index in [9.17, 15) is 4.79 Å². The van der Waals surface area contributed by atoms with E-state index in [0.717, 1.165) is 19.5 Å². The monoisotopic (exact) mass is 250 g/mol. The Labute approximate surface area is 109 Å². The van der Waals surface area contributed by atoms with Crippen molar-refractivity contribution in [2.45, 2.75) is 13.3 Å². The number of carbonyl (C=O) groups excluding carboxylic acids is 1. The van der Waals surface area contributed by atoms with Crippen molar-refractivity contribution in [2.75, 3.05) is 38.2 Å². The number of hydrogen-bond acceptors (Lipinski definition) is 4. The van der Waals surface area contributed by atoms with Crippen molar-refractivity contribution in [2.24, 2.45) is 0 Å². The summed E-state index contributed by atoms with van der Waals surface area (Å²) in [5.74, 6) is -0.186. The van der Waals surface area contributed by atoms with Gasteiger partial charge in [0.25, 0.3) is 0 Å². The van der Waals surface area contributed by atoms with E-state index in [2.05, 4.69) is 29.4 Å². The van der Waals surface area contributed by atoms with E-state index in [-0.39, 0.29) is 5.97 Å². The molecule has 100 valence electrons. The van der Waals surface area contributed by atoms with Gasteiger partial charge in [-0.15, -0.1) is 0 Å². The molecule has 0 aliphatic rings. The number of anilines is 1. The fourth-order valence-corrected chi connectivity index (χ4v) is 1.66. The Morgan fingerprint density at radius 1 is 1.33 bits per heavy atom. The van der Waals surface area contributed by atoms with Crippen LogP contribution in [0.5, 0.6) is 0 Å². The highest BCUT2D eigenvalue weighted by molar-refractivity contribution is 5.71. The maximum Gasteiger partial charge on any atom is 0.319 e. The second-order valence-electron chi connectivity index (χ2n) is 4.09. The highest BCUT2D eigenvalue weighted by Gasteiger charge is 2.01. The molecule has 0 fully saturated rings. The van der Waals surface area contributed by atoms with Crippen LogP contribution in [0.4, 0.5) is 5.69 Å². The molecular formula is C14H22N2O2. The van der Waals surface area contributed by atoms with Crippen molar-refractivity contribution in [3.05, 3.63) is 30.3 Å². The summed E-state index contributed by atoms with van der Waals surface area (Å²) in [4.78, 5) is 13.3. The molecule has 0 atom stereocenters. The van der Waals surface area contributed by atoms with Gasteiger partial charge in [-0.05, 0) is 32.0 Å². The lowest BCUT2D eigenvalue weighted by Crippen LogP contribution is -2.28. The van der Waals surface area contributed by atoms with Gasteiger partial charge in [-0.3, -0.25) is 4.79 Å². The van der Waals surface area contributed by atoms with E-state index in [0.29, 0.717) is 13.2 Å². The maximum atomic E-state index is 11.1. The number of para-hydroxylation sites is 1. The molecule has 4 nitrogen and oxygen atoms in total. The van der Waals surface area contributed by atoms with E-state index in [1.165, 1.54) is 5.69 Å². The highest BCUT2D eigenvalue weighted by Crippen LogP contribution is 2.10. The Bertz CT molecular complexity index is 341. The van der Waals surface area contributed by atoms with Crippen LogP contribution >= 0.6 is 0 Å². The van der Waals surface area contributed by atoms with Gasteiger partial charge in [-0.1, -0.05) is 18.2 Å². The number of esters is 1. The Kier molecular flexibility index (Phi) is 6.87. The molecule has 1 aromatic rings. The van der Waals surface area contributed by atoms with Crippen molar-refractivity contribution in [3.63, 3.8) is 0 Å². The van der Waals surface area contributed by atoms with E-state index >= 15 is 0 Å². The molecule has 1 N–H and O–H groups in total. The van der Waals surface area contributed by atoms with E-state index in [1.54, 1.807) is 0 Å². The second kappa shape index (κ2) is 8.53. The largest absolute Gasteiger partial charge is 0.465 e. The number of hydrogen-bond donors (Lipinski definition) is 1. The number of benzene rings is 1. The molecule has 0 bridgehead atoms. The van der Waals surface area contributed by atoms with Crippen LogP contribution in [0.25, 0.3) is 0 Å². The van der Waals surface area contributed by atoms with Crippen LogP contribution in [0, 0.1) is 0 Å². The van der Waals surface area contributed by atoms with Gasteiger partial charge in [0, 0.05) is 19.3 Å². The van der Waals surface area contributed by atoms with Crippen LogP contribution in [-0.2, 0) is 9.53 Å². The number of nitrogens with one attached hydrogen (secondary N) is 1. The molecule has 0 aromatic heterocycles. The summed E-state index contributed by atoms with van der Waals surface area (Å²) >= 11 is 0. The molecule has 0 aliphatic heterocycles. The van der Waals surface area contributed by atoms with E-state index in [4.69, 9.17) is 4.74 Å². The summed E-state index contributed by atoms with van der Waals surface area (Å²) in [6.45, 7) is 4.32. The van der Waals surface area contributed by atoms with Crippen molar-refractivity contribution in [1.82, 2.24) is 5.32 Å². The summed E-state index contributed by atoms with van der Waals surface area (Å²) in [5, 5.41) is 3.08. The van der Waals surface area contributed by atoms with Gasteiger partial charge in [0.1, 0.15) is 0 Å². The zero-order valence-corrected chi connectivity index (χ0v) is 11.2. The van der Waals surface area contributed by atoms with Crippen LogP contribution in [0.15, 0.2) is 30.3 Å². The molecule has 18 heavy (non-hydrogen) atoms. The van der Waals surface area contributed by atoms with Crippen LogP contribution < -0.4 is 10.2 Å². The third-order valence-electron chi connectivity index (χ3n) is 2.62. The Morgan fingerprint density at radius 2 is 2.06 bits per heavy atom. The maximum absolute atomic E-state index is 11.1. The van der Waals surface area contributed by atoms with Gasteiger partial charge in [-0.25, -0.2) is 0 Å². The molecule has 0 aliphatic carbocycles. The van der Waals surface area contributed by atoms with Crippen molar-refractivity contribution < 1.29 is 9.53 Å². The predicted octanol–water partition coefficient (Wildman–Crippen LogP) is 1.67. The first-order valence-electron chi connectivity index (χ1n) is 6.36. The van der Waals surface area contributed by atoms with Gasteiger partial charge in [0.2, 0.25) is 0 Å². The minimum absolute atomic E-state index is 0.186. The minimum atomic E-state index is -0.186. The van der Waals surface area contributed by atoms with Crippen LogP contribution in [0.2, 0.25) is 0 Å². The molecule has 0 amide bonds. The average molecular weight is 250 g/mol. The predicted molar refractivity (Wildman–Crippen MR) is 73.8 cm³/mol. The molecule has 0 spiro atoms. The molecule has 1 aromatic carbocycles.